The zero-order valence-corrected chi connectivity index (χ0v) is 11.1. The molecule has 0 aliphatic carbocycles. The number of nitrogens with zero attached hydrogens (tertiary/aromatic N) is 2. The Morgan fingerprint density at radius 2 is 2.05 bits per heavy atom. The fraction of sp³-hybridized carbons (Fsp3) is 0.429. The van der Waals surface area contributed by atoms with E-state index in [4.69, 9.17) is 9.26 Å². The lowest BCUT2D eigenvalue weighted by atomic mass is 10.1. The number of aryl methyl sites for hydroxylation is 1. The molecule has 1 aliphatic rings. The standard InChI is InChI=1S/C14H17N3O2/c1-9-3-5-11(6-4-9)13-16-14(19-17-13)12-10(2)18-8-7-15-12/h3-6,10,12,15H,7-8H2,1-2H3/t10-,12+/m1/s1. The molecule has 5 heteroatoms. The number of morpholine rings is 1. The number of hydrogen-bond donors (Lipinski definition) is 1. The van der Waals surface area contributed by atoms with Crippen LogP contribution in [0.25, 0.3) is 11.4 Å². The maximum absolute atomic E-state index is 5.59. The molecule has 1 fully saturated rings. The highest BCUT2D eigenvalue weighted by Crippen LogP contribution is 2.23. The second-order valence-electron chi connectivity index (χ2n) is 4.83. The normalized spacial score (nSPS) is 23.5. The molecule has 0 bridgehead atoms. The molecule has 2 heterocycles. The lowest BCUT2D eigenvalue weighted by Gasteiger charge is -2.27. The molecule has 2 aromatic rings. The third-order valence-electron chi connectivity index (χ3n) is 3.33. The molecule has 1 N–H and O–H groups in total. The highest BCUT2D eigenvalue weighted by Gasteiger charge is 2.28. The maximum Gasteiger partial charge on any atom is 0.246 e. The minimum atomic E-state index is -0.0274. The predicted octanol–water partition coefficient (Wildman–Crippen LogP) is 2.09. The molecule has 1 aliphatic heterocycles. The summed E-state index contributed by atoms with van der Waals surface area (Å²) in [6.07, 6.45) is 0.0417. The highest BCUT2D eigenvalue weighted by atomic mass is 16.5. The molecule has 0 spiro atoms. The van der Waals surface area contributed by atoms with Crippen molar-refractivity contribution < 1.29 is 9.26 Å². The van der Waals surface area contributed by atoms with Crippen LogP contribution in [0.1, 0.15) is 24.4 Å². The Labute approximate surface area is 112 Å². The second-order valence-corrected chi connectivity index (χ2v) is 4.83. The van der Waals surface area contributed by atoms with Gasteiger partial charge in [-0.2, -0.15) is 4.98 Å². The first-order valence-corrected chi connectivity index (χ1v) is 6.49. The van der Waals surface area contributed by atoms with E-state index >= 15 is 0 Å². The zero-order chi connectivity index (χ0) is 13.2. The van der Waals surface area contributed by atoms with Crippen molar-refractivity contribution in [3.63, 3.8) is 0 Å². The summed E-state index contributed by atoms with van der Waals surface area (Å²) in [7, 11) is 0. The molecule has 0 radical (unpaired) electrons. The Bertz CT molecular complexity index is 550. The van der Waals surface area contributed by atoms with E-state index in [9.17, 15) is 0 Å². The lowest BCUT2D eigenvalue weighted by molar-refractivity contribution is -0.00136. The summed E-state index contributed by atoms with van der Waals surface area (Å²) in [4.78, 5) is 4.46. The van der Waals surface area contributed by atoms with Crippen LogP contribution in [0.4, 0.5) is 0 Å². The molecular weight excluding hydrogens is 242 g/mol. The van der Waals surface area contributed by atoms with E-state index in [1.807, 2.05) is 31.2 Å². The van der Waals surface area contributed by atoms with E-state index in [-0.39, 0.29) is 12.1 Å². The van der Waals surface area contributed by atoms with Gasteiger partial charge in [-0.1, -0.05) is 35.0 Å². The number of aromatic nitrogens is 2. The van der Waals surface area contributed by atoms with Gasteiger partial charge in [-0.3, -0.25) is 0 Å². The second kappa shape index (κ2) is 5.11. The van der Waals surface area contributed by atoms with Gasteiger partial charge in [0.05, 0.1) is 12.7 Å². The first-order chi connectivity index (χ1) is 9.24. The minimum absolute atomic E-state index is 0.0274. The molecule has 5 nitrogen and oxygen atoms in total. The van der Waals surface area contributed by atoms with E-state index in [1.165, 1.54) is 5.56 Å². The van der Waals surface area contributed by atoms with E-state index in [0.717, 1.165) is 18.7 Å². The van der Waals surface area contributed by atoms with Crippen molar-refractivity contribution in [3.8, 4) is 11.4 Å². The molecule has 0 amide bonds. The highest BCUT2D eigenvalue weighted by molar-refractivity contribution is 5.54. The molecule has 19 heavy (non-hydrogen) atoms. The van der Waals surface area contributed by atoms with Crippen molar-refractivity contribution in [2.75, 3.05) is 13.2 Å². The van der Waals surface area contributed by atoms with E-state index in [0.29, 0.717) is 11.7 Å². The number of nitrogens with one attached hydrogen (secondary N) is 1. The van der Waals surface area contributed by atoms with Crippen LogP contribution in [0.15, 0.2) is 28.8 Å². The monoisotopic (exact) mass is 259 g/mol. The molecule has 3 rings (SSSR count). The average molecular weight is 259 g/mol. The van der Waals surface area contributed by atoms with Crippen LogP contribution in [-0.2, 0) is 4.74 Å². The smallest absolute Gasteiger partial charge is 0.246 e. The topological polar surface area (TPSA) is 60.2 Å². The molecule has 0 saturated carbocycles. The number of hydrogen-bond acceptors (Lipinski definition) is 5. The minimum Gasteiger partial charge on any atom is -0.375 e. The van der Waals surface area contributed by atoms with Crippen LogP contribution in [0.2, 0.25) is 0 Å². The van der Waals surface area contributed by atoms with Crippen LogP contribution in [0, 0.1) is 6.92 Å². The van der Waals surface area contributed by atoms with Crippen LogP contribution in [0.3, 0.4) is 0 Å². The quantitative estimate of drug-likeness (QED) is 0.895. The van der Waals surface area contributed by atoms with E-state index in [2.05, 4.69) is 22.4 Å². The number of ether oxygens (including phenoxy) is 1. The molecular formula is C14H17N3O2. The van der Waals surface area contributed by atoms with Crippen LogP contribution in [0.5, 0.6) is 0 Å². The van der Waals surface area contributed by atoms with Gasteiger partial charge >= 0.3 is 0 Å². The Balaban J connectivity index is 1.84. The van der Waals surface area contributed by atoms with Crippen molar-refractivity contribution in [2.24, 2.45) is 0 Å². The summed E-state index contributed by atoms with van der Waals surface area (Å²) in [5, 5.41) is 7.38. The van der Waals surface area contributed by atoms with Gasteiger partial charge in [-0.25, -0.2) is 0 Å². The van der Waals surface area contributed by atoms with Crippen molar-refractivity contribution in [3.05, 3.63) is 35.7 Å². The number of benzene rings is 1. The van der Waals surface area contributed by atoms with Gasteiger partial charge in [-0.05, 0) is 13.8 Å². The van der Waals surface area contributed by atoms with Crippen molar-refractivity contribution in [2.45, 2.75) is 26.0 Å². The Morgan fingerprint density at radius 1 is 1.26 bits per heavy atom. The first kappa shape index (κ1) is 12.3. The van der Waals surface area contributed by atoms with Gasteiger partial charge in [0.2, 0.25) is 11.7 Å². The van der Waals surface area contributed by atoms with Gasteiger partial charge in [0.15, 0.2) is 0 Å². The lowest BCUT2D eigenvalue weighted by Crippen LogP contribution is -2.40. The Morgan fingerprint density at radius 3 is 2.79 bits per heavy atom. The van der Waals surface area contributed by atoms with Crippen molar-refractivity contribution >= 4 is 0 Å². The summed E-state index contributed by atoms with van der Waals surface area (Å²) >= 11 is 0. The largest absolute Gasteiger partial charge is 0.375 e. The summed E-state index contributed by atoms with van der Waals surface area (Å²) in [6.45, 7) is 5.58. The van der Waals surface area contributed by atoms with E-state index in [1.54, 1.807) is 0 Å². The fourth-order valence-electron chi connectivity index (χ4n) is 2.19. The predicted molar refractivity (Wildman–Crippen MR) is 70.6 cm³/mol. The maximum atomic E-state index is 5.59. The third-order valence-corrected chi connectivity index (χ3v) is 3.33. The molecule has 100 valence electrons. The average Bonchev–Trinajstić information content (AvgIpc) is 2.89. The molecule has 1 saturated heterocycles. The molecule has 1 aromatic carbocycles. The van der Waals surface area contributed by atoms with E-state index < -0.39 is 0 Å². The van der Waals surface area contributed by atoms with Crippen molar-refractivity contribution in [1.82, 2.24) is 15.5 Å². The van der Waals surface area contributed by atoms with Gasteiger partial charge in [-0.15, -0.1) is 0 Å². The fourth-order valence-corrected chi connectivity index (χ4v) is 2.19. The summed E-state index contributed by atoms with van der Waals surface area (Å²) in [6, 6.07) is 8.04. The summed E-state index contributed by atoms with van der Waals surface area (Å²) in [5.74, 6) is 1.21. The van der Waals surface area contributed by atoms with Gasteiger partial charge < -0.3 is 14.6 Å². The Kier molecular flexibility index (Phi) is 3.31. The van der Waals surface area contributed by atoms with Gasteiger partial charge in [0, 0.05) is 12.1 Å². The molecule has 1 aromatic heterocycles. The van der Waals surface area contributed by atoms with Crippen LogP contribution >= 0.6 is 0 Å². The van der Waals surface area contributed by atoms with Gasteiger partial charge in [0.1, 0.15) is 6.04 Å². The molecule has 0 unspecified atom stereocenters. The Hall–Kier alpha value is -1.72. The van der Waals surface area contributed by atoms with Crippen molar-refractivity contribution in [1.29, 1.82) is 0 Å². The first-order valence-electron chi connectivity index (χ1n) is 6.49. The SMILES string of the molecule is Cc1ccc(-c2noc([C@H]3NCCO[C@@H]3C)n2)cc1. The summed E-state index contributed by atoms with van der Waals surface area (Å²) in [5.41, 5.74) is 2.17. The van der Waals surface area contributed by atoms with Crippen LogP contribution in [-0.4, -0.2) is 29.4 Å². The van der Waals surface area contributed by atoms with Gasteiger partial charge in [0.25, 0.3) is 0 Å². The summed E-state index contributed by atoms with van der Waals surface area (Å²) < 4.78 is 10.9. The van der Waals surface area contributed by atoms with Crippen LogP contribution < -0.4 is 5.32 Å². The third kappa shape index (κ3) is 2.52. The molecule has 2 atom stereocenters. The number of rotatable bonds is 2. The zero-order valence-electron chi connectivity index (χ0n) is 11.1.